The molecule has 0 bridgehead atoms. The maximum Gasteiger partial charge on any atom is 0.261 e. The zero-order valence-corrected chi connectivity index (χ0v) is 10.6. The van der Waals surface area contributed by atoms with Crippen molar-refractivity contribution in [1.82, 2.24) is 4.90 Å². The molecule has 0 radical (unpaired) electrons. The number of rotatable bonds is 3. The van der Waals surface area contributed by atoms with Gasteiger partial charge in [0.25, 0.3) is 11.8 Å². The van der Waals surface area contributed by atoms with E-state index >= 15 is 0 Å². The van der Waals surface area contributed by atoms with Crippen molar-refractivity contribution < 1.29 is 19.8 Å². The number of amides is 2. The summed E-state index contributed by atoms with van der Waals surface area (Å²) in [5.74, 6) is -0.876. The molecule has 5 heteroatoms. The van der Waals surface area contributed by atoms with Crippen LogP contribution in [0.5, 0.6) is 0 Å². The van der Waals surface area contributed by atoms with E-state index in [0.717, 1.165) is 10.3 Å². The number of aliphatic hydroxyl groups excluding tert-OH is 2. The molecule has 1 atom stereocenters. The molecule has 0 aromatic heterocycles. The molecule has 0 spiro atoms. The number of β-amino-alcohol motifs (C(OH)–C–C–N with tert-alkyl or cyclic N) is 1. The number of benzene rings is 2. The van der Waals surface area contributed by atoms with Crippen LogP contribution < -0.4 is 0 Å². The third kappa shape index (κ3) is 1.79. The summed E-state index contributed by atoms with van der Waals surface area (Å²) >= 11 is 0. The predicted molar refractivity (Wildman–Crippen MR) is 72.4 cm³/mol. The SMILES string of the molecule is O=C1c2cccc3cccc(c23)C(=O)N1C[C@@H](O)CO. The molecule has 1 aliphatic heterocycles. The Labute approximate surface area is 115 Å². The molecule has 0 fully saturated rings. The highest BCUT2D eigenvalue weighted by atomic mass is 16.3. The molecule has 0 aliphatic carbocycles. The average Bonchev–Trinajstić information content (AvgIpc) is 2.48. The molecule has 1 heterocycles. The Morgan fingerprint density at radius 1 is 1.00 bits per heavy atom. The number of nitrogens with zero attached hydrogens (tertiary/aromatic N) is 1. The summed E-state index contributed by atoms with van der Waals surface area (Å²) in [6, 6.07) is 10.5. The van der Waals surface area contributed by atoms with Gasteiger partial charge in [-0.3, -0.25) is 14.5 Å². The van der Waals surface area contributed by atoms with Crippen molar-refractivity contribution >= 4 is 22.6 Å². The van der Waals surface area contributed by atoms with E-state index in [0.29, 0.717) is 16.5 Å². The van der Waals surface area contributed by atoms with Crippen LogP contribution in [0.1, 0.15) is 20.7 Å². The lowest BCUT2D eigenvalue weighted by Gasteiger charge is -2.28. The molecule has 1 aliphatic rings. The summed E-state index contributed by atoms with van der Waals surface area (Å²) in [4.78, 5) is 25.7. The van der Waals surface area contributed by atoms with Gasteiger partial charge in [-0.25, -0.2) is 0 Å². The molecular formula is C15H13NO4. The summed E-state index contributed by atoms with van der Waals surface area (Å²) in [5, 5.41) is 19.9. The third-order valence-electron chi connectivity index (χ3n) is 3.46. The van der Waals surface area contributed by atoms with Gasteiger partial charge in [-0.1, -0.05) is 24.3 Å². The van der Waals surface area contributed by atoms with E-state index in [1.54, 1.807) is 24.3 Å². The van der Waals surface area contributed by atoms with Crippen LogP contribution in [-0.2, 0) is 0 Å². The molecule has 3 rings (SSSR count). The van der Waals surface area contributed by atoms with Gasteiger partial charge < -0.3 is 10.2 Å². The summed E-state index contributed by atoms with van der Waals surface area (Å²) in [7, 11) is 0. The molecule has 0 unspecified atom stereocenters. The van der Waals surface area contributed by atoms with Gasteiger partial charge in [0.05, 0.1) is 19.3 Å². The van der Waals surface area contributed by atoms with Crippen LogP contribution in [0, 0.1) is 0 Å². The van der Waals surface area contributed by atoms with Crippen molar-refractivity contribution in [2.45, 2.75) is 6.10 Å². The highest BCUT2D eigenvalue weighted by Crippen LogP contribution is 2.29. The van der Waals surface area contributed by atoms with Gasteiger partial charge in [0.1, 0.15) is 0 Å². The Bertz CT molecular complexity index is 659. The second-order valence-electron chi connectivity index (χ2n) is 4.77. The Balaban J connectivity index is 2.16. The first-order chi connectivity index (χ1) is 9.63. The van der Waals surface area contributed by atoms with Crippen LogP contribution >= 0.6 is 0 Å². The van der Waals surface area contributed by atoms with E-state index in [-0.39, 0.29) is 6.54 Å². The van der Waals surface area contributed by atoms with Crippen molar-refractivity contribution in [3.8, 4) is 0 Å². The second-order valence-corrected chi connectivity index (χ2v) is 4.77. The molecule has 5 nitrogen and oxygen atoms in total. The highest BCUT2D eigenvalue weighted by molar-refractivity contribution is 6.25. The monoisotopic (exact) mass is 271 g/mol. The zero-order valence-electron chi connectivity index (χ0n) is 10.6. The smallest absolute Gasteiger partial charge is 0.261 e. The normalized spacial score (nSPS) is 15.8. The minimum atomic E-state index is -1.13. The van der Waals surface area contributed by atoms with E-state index in [9.17, 15) is 14.7 Å². The van der Waals surface area contributed by atoms with Gasteiger partial charge in [0, 0.05) is 16.5 Å². The molecule has 2 aromatic rings. The first-order valence-corrected chi connectivity index (χ1v) is 6.30. The fourth-order valence-corrected chi connectivity index (χ4v) is 2.51. The van der Waals surface area contributed by atoms with Crippen LogP contribution in [0.3, 0.4) is 0 Å². The van der Waals surface area contributed by atoms with Crippen molar-refractivity contribution in [3.05, 3.63) is 47.5 Å². The predicted octanol–water partition coefficient (Wildman–Crippen LogP) is 0.789. The van der Waals surface area contributed by atoms with Gasteiger partial charge in [0.2, 0.25) is 0 Å². The standard InChI is InChI=1S/C15H13NO4/c17-8-10(18)7-16-14(19)11-5-1-3-9-4-2-6-12(13(9)11)15(16)20/h1-6,10,17-18H,7-8H2/t10-/m1/s1. The largest absolute Gasteiger partial charge is 0.394 e. The minimum Gasteiger partial charge on any atom is -0.394 e. The van der Waals surface area contributed by atoms with Crippen molar-refractivity contribution in [1.29, 1.82) is 0 Å². The molecule has 2 aromatic carbocycles. The van der Waals surface area contributed by atoms with Crippen molar-refractivity contribution in [2.24, 2.45) is 0 Å². The van der Waals surface area contributed by atoms with E-state index in [2.05, 4.69) is 0 Å². The van der Waals surface area contributed by atoms with Crippen molar-refractivity contribution in [3.63, 3.8) is 0 Å². The Morgan fingerprint density at radius 3 is 2.05 bits per heavy atom. The Kier molecular flexibility index (Phi) is 3.00. The summed E-state index contributed by atoms with van der Waals surface area (Å²) in [5.41, 5.74) is 0.894. The molecular weight excluding hydrogens is 258 g/mol. The number of hydrogen-bond donors (Lipinski definition) is 2. The topological polar surface area (TPSA) is 77.8 Å². The molecule has 2 amide bonds. The van der Waals surface area contributed by atoms with E-state index in [1.165, 1.54) is 0 Å². The first-order valence-electron chi connectivity index (χ1n) is 6.30. The minimum absolute atomic E-state index is 0.209. The quantitative estimate of drug-likeness (QED) is 0.809. The van der Waals surface area contributed by atoms with Crippen LogP contribution in [-0.4, -0.2) is 46.2 Å². The van der Waals surface area contributed by atoms with Crippen LogP contribution in [0.15, 0.2) is 36.4 Å². The third-order valence-corrected chi connectivity index (χ3v) is 3.46. The Hall–Kier alpha value is -2.24. The zero-order chi connectivity index (χ0) is 14.3. The lowest BCUT2D eigenvalue weighted by molar-refractivity contribution is 0.0391. The van der Waals surface area contributed by atoms with Gasteiger partial charge >= 0.3 is 0 Å². The number of aliphatic hydroxyl groups is 2. The molecule has 102 valence electrons. The van der Waals surface area contributed by atoms with Gasteiger partial charge in [-0.2, -0.15) is 0 Å². The molecule has 2 N–H and O–H groups in total. The van der Waals surface area contributed by atoms with Crippen molar-refractivity contribution in [2.75, 3.05) is 13.2 Å². The highest BCUT2D eigenvalue weighted by Gasteiger charge is 2.33. The van der Waals surface area contributed by atoms with Crippen LogP contribution in [0.4, 0.5) is 0 Å². The van der Waals surface area contributed by atoms with E-state index in [4.69, 9.17) is 5.11 Å². The fraction of sp³-hybridized carbons (Fsp3) is 0.200. The summed E-state index contributed by atoms with van der Waals surface area (Å²) in [6.45, 7) is -0.707. The molecule has 0 saturated carbocycles. The van der Waals surface area contributed by atoms with Gasteiger partial charge in [-0.15, -0.1) is 0 Å². The van der Waals surface area contributed by atoms with Crippen LogP contribution in [0.25, 0.3) is 10.8 Å². The van der Waals surface area contributed by atoms with Gasteiger partial charge in [0.15, 0.2) is 0 Å². The second kappa shape index (κ2) is 4.70. The number of imide groups is 1. The van der Waals surface area contributed by atoms with E-state index in [1.807, 2.05) is 12.1 Å². The van der Waals surface area contributed by atoms with Gasteiger partial charge in [-0.05, 0) is 17.5 Å². The first kappa shape index (κ1) is 12.8. The molecule has 20 heavy (non-hydrogen) atoms. The Morgan fingerprint density at radius 2 is 1.55 bits per heavy atom. The summed E-state index contributed by atoms with van der Waals surface area (Å²) in [6.07, 6.45) is -1.13. The van der Waals surface area contributed by atoms with Crippen LogP contribution in [0.2, 0.25) is 0 Å². The maximum absolute atomic E-state index is 12.4. The van der Waals surface area contributed by atoms with E-state index < -0.39 is 24.5 Å². The molecule has 0 saturated heterocycles. The lowest BCUT2D eigenvalue weighted by Crippen LogP contribution is -2.45. The average molecular weight is 271 g/mol. The number of hydrogen-bond acceptors (Lipinski definition) is 4. The number of carbonyl (C=O) groups is 2. The summed E-state index contributed by atoms with van der Waals surface area (Å²) < 4.78 is 0. The fourth-order valence-electron chi connectivity index (χ4n) is 2.51. The lowest BCUT2D eigenvalue weighted by atomic mass is 9.94. The maximum atomic E-state index is 12.4. The number of carbonyl (C=O) groups excluding carboxylic acids is 2.